The first-order chi connectivity index (χ1) is 7.78. The van der Waals surface area contributed by atoms with E-state index in [-0.39, 0.29) is 11.2 Å². The summed E-state index contributed by atoms with van der Waals surface area (Å²) in [5.74, 6) is -0.0955. The zero-order valence-electron chi connectivity index (χ0n) is 11.0. The summed E-state index contributed by atoms with van der Waals surface area (Å²) in [6.45, 7) is 8.58. The third-order valence-electron chi connectivity index (χ3n) is 4.91. The van der Waals surface area contributed by atoms with Gasteiger partial charge in [-0.2, -0.15) is 5.26 Å². The number of hydrogen-bond acceptors (Lipinski definition) is 3. The number of carbonyl (C=O) groups is 1. The first-order valence-electron chi connectivity index (χ1n) is 6.10. The number of fused-ring (bicyclic) bond motifs is 1. The minimum atomic E-state index is -0.651. The Morgan fingerprint density at radius 3 is 2.59 bits per heavy atom. The Morgan fingerprint density at radius 2 is 2.00 bits per heavy atom. The van der Waals surface area contributed by atoms with Crippen molar-refractivity contribution in [2.75, 3.05) is 6.61 Å². The van der Waals surface area contributed by atoms with Crippen LogP contribution >= 0.6 is 0 Å². The summed E-state index contributed by atoms with van der Waals surface area (Å²) in [5.41, 5.74) is -1.11. The first-order valence-corrected chi connectivity index (χ1v) is 6.10. The highest BCUT2D eigenvalue weighted by Gasteiger charge is 2.61. The second kappa shape index (κ2) is 3.43. The van der Waals surface area contributed by atoms with Crippen LogP contribution in [0, 0.1) is 22.2 Å². The number of nitrogens with zero attached hydrogens (tertiary/aromatic N) is 1. The quantitative estimate of drug-likeness (QED) is 0.646. The van der Waals surface area contributed by atoms with Crippen molar-refractivity contribution >= 4 is 5.78 Å². The van der Waals surface area contributed by atoms with Crippen LogP contribution in [0.15, 0.2) is 11.6 Å². The molecule has 92 valence electrons. The molecule has 3 nitrogen and oxygen atoms in total. The van der Waals surface area contributed by atoms with E-state index in [9.17, 15) is 4.79 Å². The predicted octanol–water partition coefficient (Wildman–Crippen LogP) is 2.62. The normalized spacial score (nSPS) is 40.2. The van der Waals surface area contributed by atoms with Crippen molar-refractivity contribution in [1.82, 2.24) is 0 Å². The van der Waals surface area contributed by atoms with Crippen LogP contribution in [0.1, 0.15) is 40.5 Å². The van der Waals surface area contributed by atoms with Crippen molar-refractivity contribution in [1.29, 1.82) is 5.26 Å². The van der Waals surface area contributed by atoms with Crippen molar-refractivity contribution in [3.8, 4) is 6.07 Å². The van der Waals surface area contributed by atoms with E-state index in [1.165, 1.54) is 0 Å². The summed E-state index contributed by atoms with van der Waals surface area (Å²) in [6.07, 6.45) is 3.77. The van der Waals surface area contributed by atoms with Crippen LogP contribution < -0.4 is 0 Å². The molecular weight excluding hydrogens is 214 g/mol. The standard InChI is InChI=1S/C14H19NO2/c1-12(2)11(16)10(9-15)8-13(3)6-5-7-17-14(12,13)4/h8H,5-7H2,1-4H3/t13-,14+/m1/s1. The van der Waals surface area contributed by atoms with Gasteiger partial charge in [-0.05, 0) is 33.6 Å². The molecule has 2 rings (SSSR count). The number of Topliss-reactive ketones (excluding diaryl/α,β-unsaturated/α-hetero) is 1. The summed E-state index contributed by atoms with van der Waals surface area (Å²) < 4.78 is 5.98. The molecule has 0 saturated carbocycles. The molecule has 0 radical (unpaired) electrons. The van der Waals surface area contributed by atoms with Crippen LogP contribution in [-0.2, 0) is 9.53 Å². The number of ether oxygens (including phenoxy) is 1. The monoisotopic (exact) mass is 233 g/mol. The largest absolute Gasteiger partial charge is 0.373 e. The summed E-state index contributed by atoms with van der Waals surface area (Å²) in [5, 5.41) is 9.10. The SMILES string of the molecule is CC1(C)C(=O)C(C#N)=C[C@@]2(C)CCCO[C@@]12C. The van der Waals surface area contributed by atoms with Crippen LogP contribution in [0.5, 0.6) is 0 Å². The molecule has 1 heterocycles. The second-order valence-electron chi connectivity index (χ2n) is 6.03. The van der Waals surface area contributed by atoms with Crippen molar-refractivity contribution in [3.05, 3.63) is 11.6 Å². The lowest BCUT2D eigenvalue weighted by Gasteiger charge is -2.57. The summed E-state index contributed by atoms with van der Waals surface area (Å²) in [4.78, 5) is 12.3. The van der Waals surface area contributed by atoms with Gasteiger partial charge in [0.1, 0.15) is 6.07 Å². The van der Waals surface area contributed by atoms with Gasteiger partial charge in [0.2, 0.25) is 0 Å². The average Bonchev–Trinajstić information content (AvgIpc) is 2.28. The van der Waals surface area contributed by atoms with Gasteiger partial charge in [-0.1, -0.05) is 13.0 Å². The van der Waals surface area contributed by atoms with E-state index in [0.717, 1.165) is 12.8 Å². The average molecular weight is 233 g/mol. The molecule has 0 aromatic rings. The van der Waals surface area contributed by atoms with Gasteiger partial charge in [-0.3, -0.25) is 4.79 Å². The van der Waals surface area contributed by atoms with E-state index in [0.29, 0.717) is 12.2 Å². The fourth-order valence-corrected chi connectivity index (χ4v) is 3.24. The Labute approximate surface area is 102 Å². The second-order valence-corrected chi connectivity index (χ2v) is 6.03. The molecule has 0 amide bonds. The minimum Gasteiger partial charge on any atom is -0.373 e. The summed E-state index contributed by atoms with van der Waals surface area (Å²) >= 11 is 0. The Hall–Kier alpha value is -1.14. The van der Waals surface area contributed by atoms with Crippen molar-refractivity contribution in [3.63, 3.8) is 0 Å². The molecule has 3 heteroatoms. The molecule has 0 bridgehead atoms. The zero-order valence-corrected chi connectivity index (χ0v) is 11.0. The van der Waals surface area contributed by atoms with Gasteiger partial charge in [-0.15, -0.1) is 0 Å². The topological polar surface area (TPSA) is 50.1 Å². The van der Waals surface area contributed by atoms with Crippen LogP contribution in [0.3, 0.4) is 0 Å². The van der Waals surface area contributed by atoms with Crippen LogP contribution in [0.25, 0.3) is 0 Å². The fourth-order valence-electron chi connectivity index (χ4n) is 3.24. The molecule has 1 saturated heterocycles. The number of ketones is 1. The number of carbonyl (C=O) groups excluding carboxylic acids is 1. The summed E-state index contributed by atoms with van der Waals surface area (Å²) in [7, 11) is 0. The maximum absolute atomic E-state index is 12.3. The Kier molecular flexibility index (Phi) is 2.48. The predicted molar refractivity (Wildman–Crippen MR) is 64.2 cm³/mol. The van der Waals surface area contributed by atoms with Gasteiger partial charge in [0.25, 0.3) is 0 Å². The first kappa shape index (κ1) is 12.3. The molecule has 0 unspecified atom stereocenters. The number of rotatable bonds is 0. The number of allylic oxidation sites excluding steroid dienone is 1. The maximum atomic E-state index is 12.3. The highest BCUT2D eigenvalue weighted by atomic mass is 16.5. The van der Waals surface area contributed by atoms with Crippen LogP contribution in [0.4, 0.5) is 0 Å². The lowest BCUT2D eigenvalue weighted by Crippen LogP contribution is -2.63. The van der Waals surface area contributed by atoms with E-state index in [1.807, 2.05) is 32.9 Å². The highest BCUT2D eigenvalue weighted by Crippen LogP contribution is 2.56. The molecule has 0 aromatic carbocycles. The lowest BCUT2D eigenvalue weighted by atomic mass is 9.52. The van der Waals surface area contributed by atoms with Crippen molar-refractivity contribution in [2.45, 2.75) is 46.1 Å². The Bertz CT molecular complexity index is 444. The van der Waals surface area contributed by atoms with Gasteiger partial charge in [0.15, 0.2) is 5.78 Å². The van der Waals surface area contributed by atoms with E-state index >= 15 is 0 Å². The molecule has 1 fully saturated rings. The third-order valence-corrected chi connectivity index (χ3v) is 4.91. The smallest absolute Gasteiger partial charge is 0.181 e. The van der Waals surface area contributed by atoms with Gasteiger partial charge >= 0.3 is 0 Å². The van der Waals surface area contributed by atoms with Gasteiger partial charge in [-0.25, -0.2) is 0 Å². The van der Waals surface area contributed by atoms with Gasteiger partial charge in [0.05, 0.1) is 16.6 Å². The Balaban J connectivity index is 2.65. The van der Waals surface area contributed by atoms with Crippen LogP contribution in [0.2, 0.25) is 0 Å². The van der Waals surface area contributed by atoms with Crippen LogP contribution in [-0.4, -0.2) is 18.0 Å². The van der Waals surface area contributed by atoms with Crippen molar-refractivity contribution in [2.24, 2.45) is 10.8 Å². The number of nitriles is 1. The Morgan fingerprint density at radius 1 is 1.35 bits per heavy atom. The highest BCUT2D eigenvalue weighted by molar-refractivity contribution is 6.04. The fraction of sp³-hybridized carbons (Fsp3) is 0.714. The molecule has 0 aromatic heterocycles. The molecule has 0 N–H and O–H groups in total. The van der Waals surface area contributed by atoms with Gasteiger partial charge < -0.3 is 4.74 Å². The molecule has 1 aliphatic carbocycles. The van der Waals surface area contributed by atoms with Gasteiger partial charge in [0, 0.05) is 12.0 Å². The maximum Gasteiger partial charge on any atom is 0.181 e. The molecule has 1 aliphatic heterocycles. The van der Waals surface area contributed by atoms with E-state index < -0.39 is 11.0 Å². The molecular formula is C14H19NO2. The van der Waals surface area contributed by atoms with E-state index in [4.69, 9.17) is 10.00 Å². The molecule has 17 heavy (non-hydrogen) atoms. The van der Waals surface area contributed by atoms with E-state index in [2.05, 4.69) is 6.92 Å². The zero-order chi connectivity index (χ0) is 12.9. The number of hydrogen-bond donors (Lipinski definition) is 0. The summed E-state index contributed by atoms with van der Waals surface area (Å²) in [6, 6.07) is 2.04. The van der Waals surface area contributed by atoms with E-state index in [1.54, 1.807) is 0 Å². The molecule has 0 spiro atoms. The third kappa shape index (κ3) is 1.34. The molecule has 2 aliphatic rings. The molecule has 2 atom stereocenters. The minimum absolute atomic E-state index is 0.0955. The van der Waals surface area contributed by atoms with Crippen molar-refractivity contribution < 1.29 is 9.53 Å². The lowest BCUT2D eigenvalue weighted by molar-refractivity contribution is -0.200.